The van der Waals surface area contributed by atoms with Gasteiger partial charge in [0.25, 0.3) is 0 Å². The molecule has 0 fully saturated rings. The fraction of sp³-hybridized carbons (Fsp3) is 1.00. The van der Waals surface area contributed by atoms with E-state index in [0.717, 1.165) is 32.2 Å². The van der Waals surface area contributed by atoms with E-state index >= 15 is 0 Å². The first kappa shape index (κ1) is 14.9. The van der Waals surface area contributed by atoms with E-state index in [9.17, 15) is 8.42 Å². The van der Waals surface area contributed by atoms with Gasteiger partial charge in [0.05, 0.1) is 5.75 Å². The molecule has 0 aromatic carbocycles. The molecule has 0 heterocycles. The summed E-state index contributed by atoms with van der Waals surface area (Å²) in [4.78, 5) is 0. The lowest BCUT2D eigenvalue weighted by molar-refractivity contribution is 0.444. The Hall–Kier alpha value is -0.0900. The van der Waals surface area contributed by atoms with Crippen molar-refractivity contribution in [3.63, 3.8) is 0 Å². The second-order valence-corrected chi connectivity index (χ2v) is 6.46. The Morgan fingerprint density at radius 2 is 1.73 bits per heavy atom. The Morgan fingerprint density at radius 3 is 2.20 bits per heavy atom. The third-order valence-electron chi connectivity index (χ3n) is 2.54. The van der Waals surface area contributed by atoms with E-state index in [2.05, 4.69) is 12.2 Å². The van der Waals surface area contributed by atoms with E-state index in [1.54, 1.807) is 0 Å². The van der Waals surface area contributed by atoms with Crippen molar-refractivity contribution in [3.8, 4) is 0 Å². The van der Waals surface area contributed by atoms with Crippen molar-refractivity contribution in [2.75, 3.05) is 25.1 Å². The molecule has 0 amide bonds. The average molecular weight is 235 g/mol. The number of rotatable bonds is 9. The zero-order chi connectivity index (χ0) is 11.7. The van der Waals surface area contributed by atoms with Crippen molar-refractivity contribution in [1.29, 1.82) is 0 Å². The van der Waals surface area contributed by atoms with Crippen LogP contribution in [-0.2, 0) is 9.84 Å². The molecule has 0 saturated heterocycles. The van der Waals surface area contributed by atoms with Crippen molar-refractivity contribution in [3.05, 3.63) is 0 Å². The van der Waals surface area contributed by atoms with Gasteiger partial charge in [-0.1, -0.05) is 20.3 Å². The van der Waals surface area contributed by atoms with Crippen LogP contribution in [0, 0.1) is 5.92 Å². The lowest BCUT2D eigenvalue weighted by Crippen LogP contribution is -2.22. The normalized spacial score (nSPS) is 14.1. The molecule has 3 nitrogen and oxygen atoms in total. The highest BCUT2D eigenvalue weighted by molar-refractivity contribution is 7.91. The molecule has 1 unspecified atom stereocenters. The maximum Gasteiger partial charge on any atom is 0.150 e. The summed E-state index contributed by atoms with van der Waals surface area (Å²) in [6.07, 6.45) is 3.77. The fourth-order valence-corrected chi connectivity index (χ4v) is 3.32. The van der Waals surface area contributed by atoms with Gasteiger partial charge in [-0.15, -0.1) is 0 Å². The van der Waals surface area contributed by atoms with Crippen LogP contribution in [0.25, 0.3) is 0 Å². The lowest BCUT2D eigenvalue weighted by atomic mass is 10.0. The summed E-state index contributed by atoms with van der Waals surface area (Å²) in [5.41, 5.74) is 0. The lowest BCUT2D eigenvalue weighted by Gasteiger charge is -2.15. The molecule has 1 atom stereocenters. The minimum absolute atomic E-state index is 0.339. The molecular formula is C11H25NO2S. The smallest absolute Gasteiger partial charge is 0.150 e. The van der Waals surface area contributed by atoms with Gasteiger partial charge >= 0.3 is 0 Å². The number of hydrogen-bond acceptors (Lipinski definition) is 3. The van der Waals surface area contributed by atoms with E-state index in [1.165, 1.54) is 0 Å². The third kappa shape index (κ3) is 7.79. The van der Waals surface area contributed by atoms with Gasteiger partial charge in [0.2, 0.25) is 0 Å². The van der Waals surface area contributed by atoms with Crippen LogP contribution in [0.3, 0.4) is 0 Å². The zero-order valence-electron chi connectivity index (χ0n) is 10.3. The molecule has 92 valence electrons. The molecule has 0 bridgehead atoms. The second-order valence-electron chi connectivity index (χ2n) is 4.15. The number of nitrogens with one attached hydrogen (secondary N) is 1. The second kappa shape index (κ2) is 8.11. The van der Waals surface area contributed by atoms with Crippen molar-refractivity contribution < 1.29 is 8.42 Å². The van der Waals surface area contributed by atoms with Crippen LogP contribution in [0.1, 0.15) is 39.5 Å². The van der Waals surface area contributed by atoms with Gasteiger partial charge in [-0.05, 0) is 38.8 Å². The van der Waals surface area contributed by atoms with E-state index in [4.69, 9.17) is 0 Å². The van der Waals surface area contributed by atoms with Gasteiger partial charge in [-0.3, -0.25) is 0 Å². The molecule has 4 heteroatoms. The summed E-state index contributed by atoms with van der Waals surface area (Å²) < 4.78 is 23.0. The molecule has 15 heavy (non-hydrogen) atoms. The summed E-state index contributed by atoms with van der Waals surface area (Å²) >= 11 is 0. The highest BCUT2D eigenvalue weighted by Crippen LogP contribution is 2.12. The Kier molecular flexibility index (Phi) is 8.06. The summed E-state index contributed by atoms with van der Waals surface area (Å²) in [6, 6.07) is 0. The number of sulfone groups is 1. The molecule has 0 aromatic heterocycles. The molecule has 1 N–H and O–H groups in total. The van der Waals surface area contributed by atoms with E-state index in [-0.39, 0.29) is 0 Å². The summed E-state index contributed by atoms with van der Waals surface area (Å²) in [5.74, 6) is 1.20. The third-order valence-corrected chi connectivity index (χ3v) is 4.43. The minimum atomic E-state index is -2.79. The Balaban J connectivity index is 3.97. The summed E-state index contributed by atoms with van der Waals surface area (Å²) in [7, 11) is -0.871. The SMILES string of the molecule is CCCC(CCS(=O)(=O)CCC)CNC. The van der Waals surface area contributed by atoms with Crippen molar-refractivity contribution in [2.24, 2.45) is 5.92 Å². The fourth-order valence-electron chi connectivity index (χ4n) is 1.80. The Bertz CT molecular complexity index is 231. The molecular weight excluding hydrogens is 210 g/mol. The van der Waals surface area contributed by atoms with Gasteiger partial charge in [-0.25, -0.2) is 8.42 Å². The van der Waals surface area contributed by atoms with Crippen LogP contribution in [0.2, 0.25) is 0 Å². The molecule has 0 saturated carbocycles. The first-order chi connectivity index (χ1) is 7.05. The van der Waals surface area contributed by atoms with Crippen LogP contribution >= 0.6 is 0 Å². The van der Waals surface area contributed by atoms with Crippen molar-refractivity contribution >= 4 is 9.84 Å². The highest BCUT2D eigenvalue weighted by Gasteiger charge is 2.13. The van der Waals surface area contributed by atoms with Gasteiger partial charge in [-0.2, -0.15) is 0 Å². The maximum absolute atomic E-state index is 11.5. The zero-order valence-corrected chi connectivity index (χ0v) is 11.1. The molecule has 0 aliphatic rings. The largest absolute Gasteiger partial charge is 0.319 e. The van der Waals surface area contributed by atoms with Crippen LogP contribution in [0.15, 0.2) is 0 Å². The molecule has 0 aliphatic heterocycles. The van der Waals surface area contributed by atoms with Crippen LogP contribution in [0.4, 0.5) is 0 Å². The van der Waals surface area contributed by atoms with Crippen LogP contribution in [-0.4, -0.2) is 33.5 Å². The Labute approximate surface area is 94.6 Å². The average Bonchev–Trinajstić information content (AvgIpc) is 2.15. The van der Waals surface area contributed by atoms with Gasteiger partial charge < -0.3 is 5.32 Å². The quantitative estimate of drug-likeness (QED) is 0.663. The van der Waals surface area contributed by atoms with Crippen molar-refractivity contribution in [2.45, 2.75) is 39.5 Å². The van der Waals surface area contributed by atoms with E-state index in [1.807, 2.05) is 14.0 Å². The van der Waals surface area contributed by atoms with Gasteiger partial charge in [0.1, 0.15) is 9.84 Å². The van der Waals surface area contributed by atoms with Gasteiger partial charge in [0.15, 0.2) is 0 Å². The topological polar surface area (TPSA) is 46.2 Å². The molecule has 0 aromatic rings. The van der Waals surface area contributed by atoms with Crippen LogP contribution in [0.5, 0.6) is 0 Å². The summed E-state index contributed by atoms with van der Waals surface area (Å²) in [6.45, 7) is 4.98. The number of hydrogen-bond donors (Lipinski definition) is 1. The van der Waals surface area contributed by atoms with Crippen LogP contribution < -0.4 is 5.32 Å². The van der Waals surface area contributed by atoms with Crippen molar-refractivity contribution in [1.82, 2.24) is 5.32 Å². The molecule has 0 aliphatic carbocycles. The highest BCUT2D eigenvalue weighted by atomic mass is 32.2. The minimum Gasteiger partial charge on any atom is -0.319 e. The first-order valence-corrected chi connectivity index (χ1v) is 7.72. The first-order valence-electron chi connectivity index (χ1n) is 5.90. The van der Waals surface area contributed by atoms with E-state index in [0.29, 0.717) is 17.4 Å². The maximum atomic E-state index is 11.5. The standard InChI is InChI=1S/C11H25NO2S/c1-4-6-11(10-12-3)7-9-15(13,14)8-5-2/h11-12H,4-10H2,1-3H3. The van der Waals surface area contributed by atoms with E-state index < -0.39 is 9.84 Å². The predicted octanol–water partition coefficient (Wildman–Crippen LogP) is 1.84. The molecule has 0 rings (SSSR count). The molecule has 0 spiro atoms. The van der Waals surface area contributed by atoms with Gasteiger partial charge in [0, 0.05) is 5.75 Å². The molecule has 0 radical (unpaired) electrons. The summed E-state index contributed by atoms with van der Waals surface area (Å²) in [5, 5.41) is 3.13. The Morgan fingerprint density at radius 1 is 1.07 bits per heavy atom. The predicted molar refractivity (Wildman–Crippen MR) is 65.9 cm³/mol. The monoisotopic (exact) mass is 235 g/mol.